The van der Waals surface area contributed by atoms with Crippen molar-refractivity contribution in [1.29, 1.82) is 0 Å². The summed E-state index contributed by atoms with van der Waals surface area (Å²) in [6, 6.07) is 15.0. The average molecular weight is 814 g/mol. The van der Waals surface area contributed by atoms with E-state index in [2.05, 4.69) is 64.8 Å². The number of fused-ring (bicyclic) bond motifs is 7. The minimum Gasteiger partial charge on any atom is -0.489 e. The Morgan fingerprint density at radius 3 is 2.57 bits per heavy atom. The lowest BCUT2D eigenvalue weighted by molar-refractivity contribution is -0.136. The minimum atomic E-state index is -0.640. The van der Waals surface area contributed by atoms with Crippen LogP contribution in [0.5, 0.6) is 11.5 Å². The summed E-state index contributed by atoms with van der Waals surface area (Å²) in [5.41, 5.74) is 7.45. The predicted molar refractivity (Wildman–Crippen MR) is 219 cm³/mol. The van der Waals surface area contributed by atoms with E-state index < -0.39 is 17.8 Å². The molecule has 0 bridgehead atoms. The molecule has 6 aliphatic heterocycles. The van der Waals surface area contributed by atoms with E-state index in [-0.39, 0.29) is 35.6 Å². The quantitative estimate of drug-likeness (QED) is 0.184. The highest BCUT2D eigenvalue weighted by molar-refractivity contribution is 7.96. The minimum absolute atomic E-state index is 0.0746. The Balaban J connectivity index is 0.000000242. The topological polar surface area (TPSA) is 114 Å². The van der Waals surface area contributed by atoms with Crippen molar-refractivity contribution < 1.29 is 33.0 Å². The maximum Gasteiger partial charge on any atom is 0.255 e. The standard InChI is InChI=1S/C31H35F2N5O5.C12H14N2S/c1-18-24(32)11-21(12-27(18)43-33)36-6-4-19(5-7-36)14-35-8-9-37-22(16-35)17-42-28-13-23-20(10-26(28)37)15-38(31(23)41)25-2-3-29(39)34-30(25)40;1-15-14-7-6-10-9-4-2-3-5-11(9)13-12(10)8-14/h10-13,19,22,25H,2-9,14-17H2,1H3,(H,34,39,40);2-5,13H,6-8H2,1H3. The summed E-state index contributed by atoms with van der Waals surface area (Å²) >= 11 is 1.83. The summed E-state index contributed by atoms with van der Waals surface area (Å²) in [6.45, 7) is 9.74. The van der Waals surface area contributed by atoms with Crippen LogP contribution < -0.4 is 24.8 Å². The van der Waals surface area contributed by atoms with Crippen LogP contribution >= 0.6 is 11.9 Å². The Kier molecular flexibility index (Phi) is 10.7. The molecule has 10 rings (SSSR count). The Hall–Kier alpha value is -4.86. The molecule has 0 spiro atoms. The number of anilines is 2. The molecule has 0 aliphatic carbocycles. The van der Waals surface area contributed by atoms with Crippen molar-refractivity contribution in [2.24, 2.45) is 5.92 Å². The first-order valence-corrected chi connectivity index (χ1v) is 21.5. The molecule has 1 aromatic heterocycles. The fraction of sp³-hybridized carbons (Fsp3) is 0.465. The summed E-state index contributed by atoms with van der Waals surface area (Å²) < 4.78 is 35.7. The second-order valence-electron chi connectivity index (χ2n) is 16.3. The van der Waals surface area contributed by atoms with Crippen LogP contribution in [0.3, 0.4) is 0 Å². The maximum absolute atomic E-state index is 14.3. The fourth-order valence-electron chi connectivity index (χ4n) is 9.62. The van der Waals surface area contributed by atoms with Gasteiger partial charge in [-0.15, -0.1) is 0 Å². The van der Waals surface area contributed by atoms with Gasteiger partial charge in [0.05, 0.1) is 11.7 Å². The van der Waals surface area contributed by atoms with Crippen molar-refractivity contribution in [3.63, 3.8) is 0 Å². The predicted octanol–water partition coefficient (Wildman–Crippen LogP) is 5.76. The molecule has 58 heavy (non-hydrogen) atoms. The van der Waals surface area contributed by atoms with E-state index in [0.717, 1.165) is 76.5 Å². The van der Waals surface area contributed by atoms with Crippen molar-refractivity contribution in [2.45, 2.75) is 64.2 Å². The van der Waals surface area contributed by atoms with Crippen LogP contribution in [0.1, 0.15) is 58.4 Å². The molecule has 0 radical (unpaired) electrons. The number of para-hydroxylation sites is 1. The molecular weight excluding hydrogens is 765 g/mol. The van der Waals surface area contributed by atoms with Crippen LogP contribution in [0.15, 0.2) is 48.5 Å². The number of nitrogens with zero attached hydrogens (tertiary/aromatic N) is 5. The van der Waals surface area contributed by atoms with Gasteiger partial charge in [-0.2, -0.15) is 0 Å². The fourth-order valence-corrected chi connectivity index (χ4v) is 10.2. The number of piperazine rings is 1. The third-order valence-corrected chi connectivity index (χ3v) is 13.7. The molecule has 7 heterocycles. The van der Waals surface area contributed by atoms with Crippen molar-refractivity contribution >= 4 is 51.9 Å². The second-order valence-corrected chi connectivity index (χ2v) is 17.2. The van der Waals surface area contributed by atoms with Gasteiger partial charge in [-0.25, -0.2) is 8.70 Å². The summed E-state index contributed by atoms with van der Waals surface area (Å²) in [5, 5.41) is 3.76. The number of carbonyl (C=O) groups excluding carboxylic acids is 3. The average Bonchev–Trinajstić information content (AvgIpc) is 3.77. The third-order valence-electron chi connectivity index (χ3n) is 12.9. The van der Waals surface area contributed by atoms with Crippen LogP contribution in [0.2, 0.25) is 0 Å². The lowest BCUT2D eigenvalue weighted by Crippen LogP contribution is -2.58. The van der Waals surface area contributed by atoms with E-state index in [0.29, 0.717) is 42.5 Å². The highest BCUT2D eigenvalue weighted by Crippen LogP contribution is 2.41. The van der Waals surface area contributed by atoms with E-state index in [4.69, 9.17) is 4.74 Å². The first kappa shape index (κ1) is 38.6. The lowest BCUT2D eigenvalue weighted by atomic mass is 9.94. The first-order valence-electron chi connectivity index (χ1n) is 20.3. The first-order chi connectivity index (χ1) is 28.2. The van der Waals surface area contributed by atoms with E-state index in [1.807, 2.05) is 24.1 Å². The SMILES string of the molecule is CSN1CCc2c([nH]c3ccccc23)C1.Cc1c(F)cc(N2CCC(CN3CCN4c5cc6c(cc5OCC4C3)C(=O)N(C3CCC(=O)NC3=O)C6)CC2)cc1OF. The third kappa shape index (κ3) is 7.36. The number of benzene rings is 3. The summed E-state index contributed by atoms with van der Waals surface area (Å²) in [7, 11) is 0. The number of piperidine rings is 2. The molecular formula is C43H49F2N7O5S. The lowest BCUT2D eigenvalue weighted by Gasteiger charge is -2.47. The number of aromatic amines is 1. The molecule has 2 N–H and O–H groups in total. The molecule has 15 heteroatoms. The largest absolute Gasteiger partial charge is 0.489 e. The summed E-state index contributed by atoms with van der Waals surface area (Å²) in [6.07, 6.45) is 5.81. The van der Waals surface area contributed by atoms with Gasteiger partial charge >= 0.3 is 0 Å². The number of halogens is 2. The number of nitrogens with one attached hydrogen (secondary N) is 2. The highest BCUT2D eigenvalue weighted by atomic mass is 32.2. The van der Waals surface area contributed by atoms with Crippen molar-refractivity contribution in [1.82, 2.24) is 24.4 Å². The number of imide groups is 1. The molecule has 2 unspecified atom stereocenters. The molecule has 2 atom stereocenters. The van der Waals surface area contributed by atoms with Crippen LogP contribution in [0.4, 0.5) is 20.3 Å². The Labute approximate surface area is 340 Å². The van der Waals surface area contributed by atoms with Gasteiger partial charge in [-0.1, -0.05) is 30.1 Å². The zero-order valence-electron chi connectivity index (χ0n) is 32.9. The molecule has 3 amide bonds. The maximum atomic E-state index is 14.3. The van der Waals surface area contributed by atoms with Crippen molar-refractivity contribution in [3.05, 3.63) is 82.3 Å². The molecule has 306 valence electrons. The van der Waals surface area contributed by atoms with Gasteiger partial charge < -0.3 is 24.4 Å². The van der Waals surface area contributed by atoms with Gasteiger partial charge in [0.15, 0.2) is 5.75 Å². The van der Waals surface area contributed by atoms with Crippen LogP contribution in [0, 0.1) is 18.7 Å². The van der Waals surface area contributed by atoms with E-state index in [9.17, 15) is 23.3 Å². The van der Waals surface area contributed by atoms with Crippen LogP contribution in [-0.4, -0.2) is 108 Å². The number of hydrogen-bond donors (Lipinski definition) is 2. The number of rotatable bonds is 6. The molecule has 3 fully saturated rings. The summed E-state index contributed by atoms with van der Waals surface area (Å²) in [5.74, 6) is -0.239. The van der Waals surface area contributed by atoms with Gasteiger partial charge in [0.25, 0.3) is 5.91 Å². The number of aromatic nitrogens is 1. The van der Waals surface area contributed by atoms with Gasteiger partial charge in [0, 0.05) is 109 Å². The van der Waals surface area contributed by atoms with Crippen molar-refractivity contribution in [2.75, 3.05) is 68.5 Å². The van der Waals surface area contributed by atoms with E-state index >= 15 is 0 Å². The monoisotopic (exact) mass is 813 g/mol. The molecule has 0 saturated carbocycles. The van der Waals surface area contributed by atoms with Gasteiger partial charge in [0.1, 0.15) is 24.2 Å². The number of amides is 3. The van der Waals surface area contributed by atoms with Crippen molar-refractivity contribution in [3.8, 4) is 11.5 Å². The summed E-state index contributed by atoms with van der Waals surface area (Å²) in [4.78, 5) is 53.2. The molecule has 12 nitrogen and oxygen atoms in total. The Morgan fingerprint density at radius 1 is 0.948 bits per heavy atom. The Morgan fingerprint density at radius 2 is 1.78 bits per heavy atom. The number of hydrogen-bond acceptors (Lipinski definition) is 10. The molecule has 4 aromatic rings. The van der Waals surface area contributed by atoms with Crippen LogP contribution in [-0.2, 0) is 29.1 Å². The van der Waals surface area contributed by atoms with E-state index in [1.54, 1.807) is 11.0 Å². The second kappa shape index (κ2) is 16.1. The normalized spacial score (nSPS) is 22.4. The molecule has 3 aromatic carbocycles. The zero-order chi connectivity index (χ0) is 40.1. The van der Waals surface area contributed by atoms with Crippen LogP contribution in [0.25, 0.3) is 10.9 Å². The smallest absolute Gasteiger partial charge is 0.255 e. The number of ether oxygens (including phenoxy) is 1. The number of carbonyl (C=O) groups is 3. The highest BCUT2D eigenvalue weighted by Gasteiger charge is 2.41. The molecule has 3 saturated heterocycles. The zero-order valence-corrected chi connectivity index (χ0v) is 33.7. The number of H-pyrrole nitrogens is 1. The van der Waals surface area contributed by atoms with Gasteiger partial charge in [-0.05, 0) is 80.2 Å². The van der Waals surface area contributed by atoms with Gasteiger partial charge in [0.2, 0.25) is 11.8 Å². The molecule has 6 aliphatic rings. The van der Waals surface area contributed by atoms with Gasteiger partial charge in [-0.3, -0.25) is 29.5 Å². The Bertz CT molecular complexity index is 2250. The van der Waals surface area contributed by atoms with E-state index in [1.165, 1.54) is 41.6 Å².